The molecule has 0 aliphatic carbocycles. The number of carbonyl (C=O) groups is 2. The summed E-state index contributed by atoms with van der Waals surface area (Å²) in [5.74, 6) is -1.36. The molecule has 9 heteroatoms. The third-order valence-corrected chi connectivity index (χ3v) is 2.79. The van der Waals surface area contributed by atoms with Gasteiger partial charge in [-0.15, -0.1) is 0 Å². The Labute approximate surface area is 123 Å². The van der Waals surface area contributed by atoms with Crippen molar-refractivity contribution in [1.82, 2.24) is 4.90 Å². The van der Waals surface area contributed by atoms with Crippen molar-refractivity contribution in [3.63, 3.8) is 0 Å². The minimum absolute atomic E-state index is 0.0753. The zero-order chi connectivity index (χ0) is 15.4. The summed E-state index contributed by atoms with van der Waals surface area (Å²) in [5.41, 5.74) is -0.532. The van der Waals surface area contributed by atoms with E-state index in [1.807, 2.05) is 0 Å². The second-order valence-corrected chi connectivity index (χ2v) is 4.66. The van der Waals surface area contributed by atoms with Gasteiger partial charge in [0.2, 0.25) is 0 Å². The van der Waals surface area contributed by atoms with Crippen LogP contribution >= 0.6 is 23.2 Å². The van der Waals surface area contributed by atoms with Crippen LogP contribution in [-0.2, 0) is 0 Å². The Morgan fingerprint density at radius 1 is 1.40 bits per heavy atom. The van der Waals surface area contributed by atoms with E-state index in [1.165, 1.54) is 6.07 Å². The molecular formula is C11H10Cl2F2N2O3. The van der Waals surface area contributed by atoms with E-state index in [0.717, 1.165) is 13.1 Å². The number of hydrogen-bond donors (Lipinski definition) is 2. The molecule has 2 amide bonds. The van der Waals surface area contributed by atoms with E-state index in [2.05, 4.69) is 5.32 Å². The highest BCUT2D eigenvalue weighted by molar-refractivity contribution is 6.37. The van der Waals surface area contributed by atoms with Crippen LogP contribution in [0.3, 0.4) is 0 Å². The van der Waals surface area contributed by atoms with E-state index in [9.17, 15) is 18.4 Å². The Hall–Kier alpha value is -1.60. The molecular weight excluding hydrogens is 317 g/mol. The first kappa shape index (κ1) is 16.5. The lowest BCUT2D eigenvalue weighted by Gasteiger charge is -2.19. The molecule has 0 atom stereocenters. The molecule has 0 fully saturated rings. The fraction of sp³-hybridized carbons (Fsp3) is 0.273. The van der Waals surface area contributed by atoms with Crippen LogP contribution in [0.5, 0.6) is 0 Å². The van der Waals surface area contributed by atoms with Gasteiger partial charge < -0.3 is 15.3 Å². The molecule has 0 spiro atoms. The molecule has 0 bridgehead atoms. The second kappa shape index (κ2) is 6.71. The monoisotopic (exact) mass is 326 g/mol. The molecule has 0 unspecified atom stereocenters. The number of carbonyl (C=O) groups excluding carboxylic acids is 1. The zero-order valence-electron chi connectivity index (χ0n) is 10.2. The maximum Gasteiger partial charge on any atom is 0.337 e. The number of nitrogens with one attached hydrogen (secondary N) is 1. The van der Waals surface area contributed by atoms with Crippen molar-refractivity contribution in [2.45, 2.75) is 6.43 Å². The second-order valence-electron chi connectivity index (χ2n) is 3.82. The van der Waals surface area contributed by atoms with Crippen molar-refractivity contribution in [2.24, 2.45) is 0 Å². The highest BCUT2D eigenvalue weighted by Crippen LogP contribution is 2.30. The number of nitrogens with zero attached hydrogens (tertiary/aromatic N) is 1. The molecule has 0 aliphatic heterocycles. The molecule has 2 N–H and O–H groups in total. The lowest BCUT2D eigenvalue weighted by molar-refractivity contribution is 0.0698. The third kappa shape index (κ3) is 4.21. The first-order chi connectivity index (χ1) is 9.22. The van der Waals surface area contributed by atoms with Gasteiger partial charge >= 0.3 is 12.0 Å². The van der Waals surface area contributed by atoms with Crippen LogP contribution in [0.4, 0.5) is 19.3 Å². The van der Waals surface area contributed by atoms with Crippen LogP contribution in [0.1, 0.15) is 10.4 Å². The van der Waals surface area contributed by atoms with Gasteiger partial charge in [-0.25, -0.2) is 18.4 Å². The summed E-state index contributed by atoms with van der Waals surface area (Å²) < 4.78 is 24.3. The maximum atomic E-state index is 12.2. The van der Waals surface area contributed by atoms with Gasteiger partial charge in [0.15, 0.2) is 0 Å². The molecule has 0 aliphatic rings. The first-order valence-corrected chi connectivity index (χ1v) is 6.00. The number of carboxylic acid groups (broad SMARTS) is 1. The number of halogens is 4. The molecule has 1 aromatic carbocycles. The minimum atomic E-state index is -2.70. The standard InChI is InChI=1S/C11H10Cl2F2N2O3/c1-17(4-8(14)15)11(20)16-9-6(10(18)19)2-5(12)3-7(9)13/h2-3,8H,4H2,1H3,(H,16,20)(H,18,19). The van der Waals surface area contributed by atoms with Crippen LogP contribution < -0.4 is 5.32 Å². The number of rotatable bonds is 4. The molecule has 110 valence electrons. The number of amides is 2. The van der Waals surface area contributed by atoms with Crippen LogP contribution in [0, 0.1) is 0 Å². The lowest BCUT2D eigenvalue weighted by atomic mass is 10.2. The van der Waals surface area contributed by atoms with E-state index >= 15 is 0 Å². The quantitative estimate of drug-likeness (QED) is 0.890. The summed E-state index contributed by atoms with van der Waals surface area (Å²) in [6.45, 7) is -0.792. The largest absolute Gasteiger partial charge is 0.478 e. The number of alkyl halides is 2. The maximum absolute atomic E-state index is 12.2. The van der Waals surface area contributed by atoms with Gasteiger partial charge in [-0.1, -0.05) is 23.2 Å². The SMILES string of the molecule is CN(CC(F)F)C(=O)Nc1c(Cl)cc(Cl)cc1C(=O)O. The summed E-state index contributed by atoms with van der Waals surface area (Å²) in [5, 5.41) is 11.2. The topological polar surface area (TPSA) is 69.6 Å². The number of benzene rings is 1. The Kier molecular flexibility index (Phi) is 5.52. The lowest BCUT2D eigenvalue weighted by Crippen LogP contribution is -2.35. The van der Waals surface area contributed by atoms with E-state index in [-0.39, 0.29) is 21.3 Å². The smallest absolute Gasteiger partial charge is 0.337 e. The van der Waals surface area contributed by atoms with Crippen LogP contribution in [0.2, 0.25) is 10.0 Å². The van der Waals surface area contributed by atoms with Crippen LogP contribution in [0.15, 0.2) is 12.1 Å². The van der Waals surface area contributed by atoms with Gasteiger partial charge in [0.25, 0.3) is 6.43 Å². The number of aromatic carboxylic acids is 1. The molecule has 0 saturated carbocycles. The van der Waals surface area contributed by atoms with Crippen LogP contribution in [-0.4, -0.2) is 42.0 Å². The van der Waals surface area contributed by atoms with Crippen molar-refractivity contribution in [2.75, 3.05) is 18.9 Å². The Morgan fingerprint density at radius 3 is 2.50 bits per heavy atom. The van der Waals surface area contributed by atoms with Gasteiger partial charge in [0.1, 0.15) is 0 Å². The summed E-state index contributed by atoms with van der Waals surface area (Å²) >= 11 is 11.5. The zero-order valence-corrected chi connectivity index (χ0v) is 11.7. The Bertz CT molecular complexity index is 541. The van der Waals surface area contributed by atoms with Gasteiger partial charge in [-0.2, -0.15) is 0 Å². The number of urea groups is 1. The highest BCUT2D eigenvalue weighted by Gasteiger charge is 2.20. The fourth-order valence-corrected chi connectivity index (χ4v) is 1.90. The Balaban J connectivity index is 3.03. The minimum Gasteiger partial charge on any atom is -0.478 e. The van der Waals surface area contributed by atoms with Gasteiger partial charge in [0, 0.05) is 12.1 Å². The third-order valence-electron chi connectivity index (χ3n) is 2.28. The van der Waals surface area contributed by atoms with Crippen molar-refractivity contribution < 1.29 is 23.5 Å². The highest BCUT2D eigenvalue weighted by atomic mass is 35.5. The summed E-state index contributed by atoms with van der Waals surface area (Å²) in [6.07, 6.45) is -2.70. The summed E-state index contributed by atoms with van der Waals surface area (Å²) in [4.78, 5) is 23.4. The number of carboxylic acids is 1. The fourth-order valence-electron chi connectivity index (χ4n) is 1.36. The predicted octanol–water partition coefficient (Wildman–Crippen LogP) is 3.42. The average Bonchev–Trinajstić information content (AvgIpc) is 2.30. The molecule has 1 rings (SSSR count). The molecule has 0 heterocycles. The average molecular weight is 327 g/mol. The molecule has 5 nitrogen and oxygen atoms in total. The van der Waals surface area contributed by atoms with E-state index < -0.39 is 25.0 Å². The Morgan fingerprint density at radius 2 is 2.00 bits per heavy atom. The molecule has 0 aromatic heterocycles. The van der Waals surface area contributed by atoms with Crippen LogP contribution in [0.25, 0.3) is 0 Å². The van der Waals surface area contributed by atoms with Gasteiger partial charge in [0.05, 0.1) is 22.8 Å². The van der Waals surface area contributed by atoms with Crippen molar-refractivity contribution >= 4 is 40.9 Å². The summed E-state index contributed by atoms with van der Waals surface area (Å²) in [7, 11) is 1.14. The predicted molar refractivity (Wildman–Crippen MR) is 71.1 cm³/mol. The van der Waals surface area contributed by atoms with Crippen molar-refractivity contribution in [3.8, 4) is 0 Å². The molecule has 0 saturated heterocycles. The van der Waals surface area contributed by atoms with Crippen molar-refractivity contribution in [1.29, 1.82) is 0 Å². The summed E-state index contributed by atoms with van der Waals surface area (Å²) in [6, 6.07) is 1.42. The number of hydrogen-bond acceptors (Lipinski definition) is 2. The number of anilines is 1. The van der Waals surface area contributed by atoms with E-state index in [1.54, 1.807) is 0 Å². The molecule has 20 heavy (non-hydrogen) atoms. The molecule has 0 radical (unpaired) electrons. The van der Waals surface area contributed by atoms with E-state index in [0.29, 0.717) is 4.90 Å². The van der Waals surface area contributed by atoms with Gasteiger partial charge in [-0.3, -0.25) is 0 Å². The normalized spacial score (nSPS) is 10.5. The first-order valence-electron chi connectivity index (χ1n) is 5.25. The van der Waals surface area contributed by atoms with Crippen molar-refractivity contribution in [3.05, 3.63) is 27.7 Å². The van der Waals surface area contributed by atoms with E-state index in [4.69, 9.17) is 28.3 Å². The molecule has 1 aromatic rings. The van der Waals surface area contributed by atoms with Gasteiger partial charge in [-0.05, 0) is 12.1 Å².